The SMILES string of the molecule is N#CCC(=O)Nc1ccc(C(=O)OCC(=O)NCCc2ccc(Cl)cc2)cc1. The lowest BCUT2D eigenvalue weighted by atomic mass is 10.1. The Hall–Kier alpha value is -3.37. The third kappa shape index (κ3) is 7.09. The first-order chi connectivity index (χ1) is 13.5. The van der Waals surface area contributed by atoms with Crippen molar-refractivity contribution >= 4 is 35.1 Å². The summed E-state index contributed by atoms with van der Waals surface area (Å²) in [7, 11) is 0. The van der Waals surface area contributed by atoms with Crippen molar-refractivity contribution in [3.05, 3.63) is 64.7 Å². The molecule has 0 aliphatic heterocycles. The Labute approximate surface area is 167 Å². The Bertz CT molecular complexity index is 874. The van der Waals surface area contributed by atoms with Crippen LogP contribution in [0.3, 0.4) is 0 Å². The summed E-state index contributed by atoms with van der Waals surface area (Å²) in [5.41, 5.74) is 1.73. The first-order valence-electron chi connectivity index (χ1n) is 8.43. The van der Waals surface area contributed by atoms with Gasteiger partial charge in [0.2, 0.25) is 5.91 Å². The van der Waals surface area contributed by atoms with E-state index in [-0.39, 0.29) is 18.6 Å². The summed E-state index contributed by atoms with van der Waals surface area (Å²) in [6.45, 7) is 0.0230. The fourth-order valence-corrected chi connectivity index (χ4v) is 2.36. The number of rotatable bonds is 8. The molecule has 0 saturated carbocycles. The Morgan fingerprint density at radius 2 is 1.68 bits per heavy atom. The number of esters is 1. The maximum atomic E-state index is 12.0. The predicted molar refractivity (Wildman–Crippen MR) is 104 cm³/mol. The molecule has 2 aromatic rings. The van der Waals surface area contributed by atoms with Gasteiger partial charge >= 0.3 is 5.97 Å². The third-order valence-electron chi connectivity index (χ3n) is 3.63. The van der Waals surface area contributed by atoms with Gasteiger partial charge in [-0.15, -0.1) is 0 Å². The van der Waals surface area contributed by atoms with Crippen molar-refractivity contribution in [3.63, 3.8) is 0 Å². The van der Waals surface area contributed by atoms with E-state index in [0.717, 1.165) is 5.56 Å². The van der Waals surface area contributed by atoms with Gasteiger partial charge in [-0.3, -0.25) is 9.59 Å². The van der Waals surface area contributed by atoms with Gasteiger partial charge in [0.05, 0.1) is 11.6 Å². The second kappa shape index (κ2) is 10.7. The molecule has 0 spiro atoms. The second-order valence-electron chi connectivity index (χ2n) is 5.76. The largest absolute Gasteiger partial charge is 0.452 e. The molecule has 28 heavy (non-hydrogen) atoms. The molecule has 2 N–H and O–H groups in total. The standard InChI is InChI=1S/C20H18ClN3O4/c21-16-5-1-14(2-6-16)10-12-23-19(26)13-28-20(27)15-3-7-17(8-4-15)24-18(25)9-11-22/h1-8H,9-10,12-13H2,(H,23,26)(H,24,25). The number of benzene rings is 2. The van der Waals surface area contributed by atoms with Crippen LogP contribution >= 0.6 is 11.6 Å². The molecule has 2 aromatic carbocycles. The number of carbonyl (C=O) groups excluding carboxylic acids is 3. The van der Waals surface area contributed by atoms with E-state index >= 15 is 0 Å². The Morgan fingerprint density at radius 3 is 2.32 bits per heavy atom. The van der Waals surface area contributed by atoms with E-state index in [1.54, 1.807) is 18.2 Å². The molecular weight excluding hydrogens is 382 g/mol. The highest BCUT2D eigenvalue weighted by molar-refractivity contribution is 6.30. The fraction of sp³-hybridized carbons (Fsp3) is 0.200. The molecule has 8 heteroatoms. The topological polar surface area (TPSA) is 108 Å². The Morgan fingerprint density at radius 1 is 1.00 bits per heavy atom. The molecule has 144 valence electrons. The summed E-state index contributed by atoms with van der Waals surface area (Å²) < 4.78 is 4.97. The minimum absolute atomic E-state index is 0.243. The van der Waals surface area contributed by atoms with E-state index in [2.05, 4.69) is 10.6 Å². The number of halogens is 1. The third-order valence-corrected chi connectivity index (χ3v) is 3.88. The summed E-state index contributed by atoms with van der Waals surface area (Å²) in [6.07, 6.45) is 0.382. The molecular formula is C20H18ClN3O4. The van der Waals surface area contributed by atoms with Gasteiger partial charge in [0.25, 0.3) is 5.91 Å². The molecule has 0 atom stereocenters. The summed E-state index contributed by atoms with van der Waals surface area (Å²) in [5.74, 6) is -1.49. The van der Waals surface area contributed by atoms with Gasteiger partial charge in [0, 0.05) is 17.3 Å². The van der Waals surface area contributed by atoms with Crippen LogP contribution in [0.25, 0.3) is 0 Å². The van der Waals surface area contributed by atoms with E-state index in [1.807, 2.05) is 12.1 Å². The first kappa shape index (κ1) is 20.9. The molecule has 0 bridgehead atoms. The van der Waals surface area contributed by atoms with E-state index < -0.39 is 17.8 Å². The van der Waals surface area contributed by atoms with Gasteiger partial charge in [-0.05, 0) is 48.4 Å². The summed E-state index contributed by atoms with van der Waals surface area (Å²) in [6, 6.07) is 15.0. The number of hydrogen-bond donors (Lipinski definition) is 2. The fourth-order valence-electron chi connectivity index (χ4n) is 2.23. The van der Waals surface area contributed by atoms with Gasteiger partial charge in [-0.25, -0.2) is 4.79 Å². The molecule has 0 aromatic heterocycles. The number of hydrogen-bond acceptors (Lipinski definition) is 5. The van der Waals surface area contributed by atoms with Crippen LogP contribution in [-0.2, 0) is 20.7 Å². The van der Waals surface area contributed by atoms with E-state index in [1.165, 1.54) is 24.3 Å². The van der Waals surface area contributed by atoms with Gasteiger partial charge in [0.15, 0.2) is 6.61 Å². The van der Waals surface area contributed by atoms with Crippen LogP contribution in [0.1, 0.15) is 22.3 Å². The van der Waals surface area contributed by atoms with Crippen LogP contribution in [0.4, 0.5) is 5.69 Å². The molecule has 7 nitrogen and oxygen atoms in total. The lowest BCUT2D eigenvalue weighted by Gasteiger charge is -2.08. The molecule has 0 aliphatic rings. The molecule has 2 rings (SSSR count). The van der Waals surface area contributed by atoms with E-state index in [0.29, 0.717) is 23.7 Å². The highest BCUT2D eigenvalue weighted by atomic mass is 35.5. The average Bonchev–Trinajstić information content (AvgIpc) is 2.68. The molecule has 2 amide bonds. The monoisotopic (exact) mass is 399 g/mol. The minimum atomic E-state index is -0.650. The van der Waals surface area contributed by atoms with Crippen molar-refractivity contribution in [3.8, 4) is 6.07 Å². The molecule has 0 unspecified atom stereocenters. The van der Waals surface area contributed by atoms with Crippen LogP contribution in [0.15, 0.2) is 48.5 Å². The van der Waals surface area contributed by atoms with Crippen LogP contribution in [0.5, 0.6) is 0 Å². The normalized spacial score (nSPS) is 9.86. The number of amides is 2. The highest BCUT2D eigenvalue weighted by Crippen LogP contribution is 2.11. The molecule has 0 fully saturated rings. The quantitative estimate of drug-likeness (QED) is 0.663. The zero-order valence-electron chi connectivity index (χ0n) is 14.9. The van der Waals surface area contributed by atoms with Gasteiger partial charge in [0.1, 0.15) is 6.42 Å². The number of nitrogens with one attached hydrogen (secondary N) is 2. The number of ether oxygens (including phenoxy) is 1. The zero-order valence-corrected chi connectivity index (χ0v) is 15.7. The van der Waals surface area contributed by atoms with Gasteiger partial charge in [-0.1, -0.05) is 23.7 Å². The minimum Gasteiger partial charge on any atom is -0.452 e. The Kier molecular flexibility index (Phi) is 8.00. The number of nitriles is 1. The second-order valence-corrected chi connectivity index (χ2v) is 6.20. The Balaban J connectivity index is 1.72. The maximum absolute atomic E-state index is 12.0. The zero-order chi connectivity index (χ0) is 20.4. The van der Waals surface area contributed by atoms with Crippen LogP contribution in [-0.4, -0.2) is 30.9 Å². The highest BCUT2D eigenvalue weighted by Gasteiger charge is 2.10. The van der Waals surface area contributed by atoms with Gasteiger partial charge < -0.3 is 15.4 Å². The summed E-state index contributed by atoms with van der Waals surface area (Å²) in [4.78, 5) is 35.1. The number of anilines is 1. The lowest BCUT2D eigenvalue weighted by Crippen LogP contribution is -2.30. The van der Waals surface area contributed by atoms with Crippen LogP contribution in [0, 0.1) is 11.3 Å². The number of nitrogens with zero attached hydrogens (tertiary/aromatic N) is 1. The summed E-state index contributed by atoms with van der Waals surface area (Å²) >= 11 is 5.81. The van der Waals surface area contributed by atoms with Crippen molar-refractivity contribution < 1.29 is 19.1 Å². The average molecular weight is 400 g/mol. The van der Waals surface area contributed by atoms with E-state index in [4.69, 9.17) is 21.6 Å². The van der Waals surface area contributed by atoms with Crippen molar-refractivity contribution in [1.29, 1.82) is 5.26 Å². The molecule has 0 saturated heterocycles. The van der Waals surface area contributed by atoms with Crippen LogP contribution in [0.2, 0.25) is 5.02 Å². The maximum Gasteiger partial charge on any atom is 0.338 e. The lowest BCUT2D eigenvalue weighted by molar-refractivity contribution is -0.124. The van der Waals surface area contributed by atoms with Crippen molar-refractivity contribution in [2.45, 2.75) is 12.8 Å². The van der Waals surface area contributed by atoms with Gasteiger partial charge in [-0.2, -0.15) is 5.26 Å². The smallest absolute Gasteiger partial charge is 0.338 e. The van der Waals surface area contributed by atoms with Crippen LogP contribution < -0.4 is 10.6 Å². The molecule has 0 heterocycles. The van der Waals surface area contributed by atoms with Crippen molar-refractivity contribution in [2.75, 3.05) is 18.5 Å². The molecule has 0 aliphatic carbocycles. The number of carbonyl (C=O) groups is 3. The van der Waals surface area contributed by atoms with E-state index in [9.17, 15) is 14.4 Å². The first-order valence-corrected chi connectivity index (χ1v) is 8.81. The summed E-state index contributed by atoms with van der Waals surface area (Å²) in [5, 5.41) is 14.3. The van der Waals surface area contributed by atoms with Crippen molar-refractivity contribution in [1.82, 2.24) is 5.32 Å². The van der Waals surface area contributed by atoms with Crippen molar-refractivity contribution in [2.24, 2.45) is 0 Å². The molecule has 0 radical (unpaired) electrons. The predicted octanol–water partition coefficient (Wildman–Crippen LogP) is 2.71.